The van der Waals surface area contributed by atoms with Crippen molar-refractivity contribution < 1.29 is 9.90 Å². The first-order chi connectivity index (χ1) is 9.57. The Bertz CT molecular complexity index is 445. The third-order valence-corrected chi connectivity index (χ3v) is 4.96. The summed E-state index contributed by atoms with van der Waals surface area (Å²) in [6.07, 6.45) is 11.4. The fourth-order valence-corrected chi connectivity index (χ4v) is 3.49. The molecular formula is C16H26N2O2. The molecule has 0 amide bonds. The van der Waals surface area contributed by atoms with Crippen molar-refractivity contribution in [1.29, 1.82) is 0 Å². The predicted octanol–water partition coefficient (Wildman–Crippen LogP) is 3.41. The number of aliphatic carboxylic acids is 1. The van der Waals surface area contributed by atoms with Crippen LogP contribution in [0.3, 0.4) is 0 Å². The maximum absolute atomic E-state index is 11.8. The maximum Gasteiger partial charge on any atom is 0.309 e. The number of aromatic nitrogens is 2. The van der Waals surface area contributed by atoms with Crippen LogP contribution in [-0.2, 0) is 18.3 Å². The fraction of sp³-hybridized carbons (Fsp3) is 0.750. The van der Waals surface area contributed by atoms with Gasteiger partial charge in [-0.3, -0.25) is 4.79 Å². The van der Waals surface area contributed by atoms with Crippen LogP contribution in [0.5, 0.6) is 0 Å². The molecule has 112 valence electrons. The van der Waals surface area contributed by atoms with Crippen LogP contribution in [0.4, 0.5) is 0 Å². The van der Waals surface area contributed by atoms with Crippen molar-refractivity contribution in [1.82, 2.24) is 9.55 Å². The first kappa shape index (κ1) is 15.1. The van der Waals surface area contributed by atoms with Crippen LogP contribution in [0.15, 0.2) is 12.4 Å². The molecule has 1 aromatic rings. The second-order valence-corrected chi connectivity index (χ2v) is 6.27. The smallest absolute Gasteiger partial charge is 0.309 e. The quantitative estimate of drug-likeness (QED) is 0.867. The normalized spacial score (nSPS) is 26.6. The summed E-state index contributed by atoms with van der Waals surface area (Å²) in [5, 5.41) is 9.68. The lowest BCUT2D eigenvalue weighted by Crippen LogP contribution is -2.36. The highest BCUT2D eigenvalue weighted by molar-refractivity contribution is 5.74. The highest BCUT2D eigenvalue weighted by atomic mass is 16.4. The molecular weight excluding hydrogens is 252 g/mol. The van der Waals surface area contributed by atoms with Gasteiger partial charge >= 0.3 is 5.97 Å². The summed E-state index contributed by atoms with van der Waals surface area (Å²) in [5.41, 5.74) is -0.518. The van der Waals surface area contributed by atoms with Crippen molar-refractivity contribution in [2.24, 2.45) is 18.4 Å². The zero-order chi connectivity index (χ0) is 14.6. The summed E-state index contributed by atoms with van der Waals surface area (Å²) in [6, 6.07) is 0. The standard InChI is InChI=1S/C16H26N2O2/c1-3-4-13-5-8-16(9-6-13,15(19)20)10-7-14-17-11-12-18(14)2/h11-13H,3-10H2,1-2H3,(H,19,20). The van der Waals surface area contributed by atoms with E-state index in [1.165, 1.54) is 12.8 Å². The van der Waals surface area contributed by atoms with E-state index in [0.29, 0.717) is 6.42 Å². The molecule has 0 bridgehead atoms. The molecule has 1 aliphatic carbocycles. The number of hydrogen-bond acceptors (Lipinski definition) is 2. The monoisotopic (exact) mass is 278 g/mol. The molecule has 0 spiro atoms. The lowest BCUT2D eigenvalue weighted by atomic mass is 9.67. The predicted molar refractivity (Wildman–Crippen MR) is 78.5 cm³/mol. The molecule has 0 aromatic carbocycles. The van der Waals surface area contributed by atoms with Crippen LogP contribution in [0.25, 0.3) is 0 Å². The summed E-state index contributed by atoms with van der Waals surface area (Å²) < 4.78 is 1.98. The third-order valence-electron chi connectivity index (χ3n) is 4.96. The minimum Gasteiger partial charge on any atom is -0.481 e. The minimum atomic E-state index is -0.610. The zero-order valence-corrected chi connectivity index (χ0v) is 12.6. The Morgan fingerprint density at radius 3 is 2.70 bits per heavy atom. The summed E-state index contributed by atoms with van der Waals surface area (Å²) in [5.74, 6) is 1.11. The SMILES string of the molecule is CCCC1CCC(CCc2nccn2C)(C(=O)O)CC1. The van der Waals surface area contributed by atoms with Gasteiger partial charge in [0.25, 0.3) is 0 Å². The first-order valence-electron chi connectivity index (χ1n) is 7.77. The van der Waals surface area contributed by atoms with Gasteiger partial charge in [-0.05, 0) is 38.0 Å². The molecule has 1 heterocycles. The van der Waals surface area contributed by atoms with Gasteiger partial charge in [-0.1, -0.05) is 19.8 Å². The van der Waals surface area contributed by atoms with Gasteiger partial charge in [0.1, 0.15) is 5.82 Å². The van der Waals surface area contributed by atoms with Crippen LogP contribution >= 0.6 is 0 Å². The van der Waals surface area contributed by atoms with E-state index < -0.39 is 11.4 Å². The molecule has 4 nitrogen and oxygen atoms in total. The van der Waals surface area contributed by atoms with Crippen LogP contribution in [0.1, 0.15) is 57.7 Å². The van der Waals surface area contributed by atoms with E-state index in [4.69, 9.17) is 0 Å². The van der Waals surface area contributed by atoms with Crippen LogP contribution in [0.2, 0.25) is 0 Å². The molecule has 0 saturated heterocycles. The Kier molecular flexibility index (Phi) is 4.84. The average Bonchev–Trinajstić information content (AvgIpc) is 2.84. The van der Waals surface area contributed by atoms with Crippen LogP contribution in [-0.4, -0.2) is 20.6 Å². The fourth-order valence-electron chi connectivity index (χ4n) is 3.49. The van der Waals surface area contributed by atoms with Crippen LogP contribution < -0.4 is 0 Å². The van der Waals surface area contributed by atoms with Crippen molar-refractivity contribution >= 4 is 5.97 Å². The number of rotatable bonds is 6. The largest absolute Gasteiger partial charge is 0.481 e. The summed E-state index contributed by atoms with van der Waals surface area (Å²) >= 11 is 0. The Morgan fingerprint density at radius 2 is 2.20 bits per heavy atom. The van der Waals surface area contributed by atoms with E-state index in [1.54, 1.807) is 6.20 Å². The number of aryl methyl sites for hydroxylation is 2. The van der Waals surface area contributed by atoms with Gasteiger partial charge in [0, 0.05) is 25.9 Å². The Labute approximate surface area is 121 Å². The van der Waals surface area contributed by atoms with Gasteiger partial charge in [0.05, 0.1) is 5.41 Å². The molecule has 2 rings (SSSR count). The molecule has 20 heavy (non-hydrogen) atoms. The lowest BCUT2D eigenvalue weighted by molar-refractivity contribution is -0.152. The van der Waals surface area contributed by atoms with Crippen LogP contribution in [0, 0.1) is 11.3 Å². The molecule has 1 aromatic heterocycles. The van der Waals surface area contributed by atoms with E-state index in [1.807, 2.05) is 17.8 Å². The van der Waals surface area contributed by atoms with Crippen molar-refractivity contribution in [2.75, 3.05) is 0 Å². The third kappa shape index (κ3) is 3.22. The maximum atomic E-state index is 11.8. The summed E-state index contributed by atoms with van der Waals surface area (Å²) in [6.45, 7) is 2.21. The van der Waals surface area contributed by atoms with Crippen molar-refractivity contribution in [3.8, 4) is 0 Å². The molecule has 1 N–H and O–H groups in total. The Balaban J connectivity index is 1.97. The minimum absolute atomic E-state index is 0.518. The first-order valence-corrected chi connectivity index (χ1v) is 7.77. The molecule has 1 saturated carbocycles. The van der Waals surface area contributed by atoms with Crippen molar-refractivity contribution in [3.05, 3.63) is 18.2 Å². The molecule has 1 aliphatic rings. The Hall–Kier alpha value is -1.32. The zero-order valence-electron chi connectivity index (χ0n) is 12.6. The average molecular weight is 278 g/mol. The summed E-state index contributed by atoms with van der Waals surface area (Å²) in [7, 11) is 1.97. The number of hydrogen-bond donors (Lipinski definition) is 1. The van der Waals surface area contributed by atoms with E-state index in [0.717, 1.165) is 43.8 Å². The van der Waals surface area contributed by atoms with E-state index >= 15 is 0 Å². The van der Waals surface area contributed by atoms with E-state index in [9.17, 15) is 9.90 Å². The van der Waals surface area contributed by atoms with Crippen molar-refractivity contribution in [3.63, 3.8) is 0 Å². The number of carboxylic acid groups (broad SMARTS) is 1. The van der Waals surface area contributed by atoms with Gasteiger partial charge in [0.15, 0.2) is 0 Å². The second-order valence-electron chi connectivity index (χ2n) is 6.27. The molecule has 4 heteroatoms. The molecule has 1 fully saturated rings. The number of carboxylic acids is 1. The van der Waals surface area contributed by atoms with Crippen molar-refractivity contribution in [2.45, 2.75) is 58.3 Å². The lowest BCUT2D eigenvalue weighted by Gasteiger charge is -2.37. The topological polar surface area (TPSA) is 55.1 Å². The van der Waals surface area contributed by atoms with E-state index in [-0.39, 0.29) is 0 Å². The molecule has 0 atom stereocenters. The van der Waals surface area contributed by atoms with Gasteiger partial charge < -0.3 is 9.67 Å². The summed E-state index contributed by atoms with van der Waals surface area (Å²) in [4.78, 5) is 16.1. The van der Waals surface area contributed by atoms with Gasteiger partial charge in [-0.2, -0.15) is 0 Å². The van der Waals surface area contributed by atoms with E-state index in [2.05, 4.69) is 11.9 Å². The van der Waals surface area contributed by atoms with Gasteiger partial charge in [-0.25, -0.2) is 4.98 Å². The molecule has 0 unspecified atom stereocenters. The van der Waals surface area contributed by atoms with Gasteiger partial charge in [0.2, 0.25) is 0 Å². The highest BCUT2D eigenvalue weighted by Gasteiger charge is 2.41. The Morgan fingerprint density at radius 1 is 1.50 bits per heavy atom. The van der Waals surface area contributed by atoms with Gasteiger partial charge in [-0.15, -0.1) is 0 Å². The number of imidazole rings is 1. The molecule has 0 aliphatic heterocycles. The number of carbonyl (C=O) groups is 1. The molecule has 0 radical (unpaired) electrons. The second kappa shape index (κ2) is 6.42. The highest BCUT2D eigenvalue weighted by Crippen LogP contribution is 2.43. The number of nitrogens with zero attached hydrogens (tertiary/aromatic N) is 2.